The Morgan fingerprint density at radius 2 is 1.76 bits per heavy atom. The van der Waals surface area contributed by atoms with Gasteiger partial charge in [0.05, 0.1) is 0 Å². The van der Waals surface area contributed by atoms with E-state index in [0.29, 0.717) is 19.6 Å². The average Bonchev–Trinajstić information content (AvgIpc) is 2.54. The molecule has 2 aromatic carbocycles. The number of hydrogen-bond acceptors (Lipinski definition) is 3. The predicted octanol–water partition coefficient (Wildman–Crippen LogP) is 2.50. The van der Waals surface area contributed by atoms with E-state index in [4.69, 9.17) is 9.94 Å². The minimum absolute atomic E-state index is 0.415. The van der Waals surface area contributed by atoms with Crippen molar-refractivity contribution in [1.29, 1.82) is 0 Å². The summed E-state index contributed by atoms with van der Waals surface area (Å²) in [7, 11) is 0. The smallest absolute Gasteiger partial charge is 0.338 e. The zero-order chi connectivity index (χ0) is 14.9. The molecule has 5 heteroatoms. The van der Waals surface area contributed by atoms with E-state index >= 15 is 0 Å². The van der Waals surface area contributed by atoms with E-state index in [1.165, 1.54) is 5.48 Å². The molecule has 0 aliphatic heterocycles. The molecule has 2 rings (SSSR count). The molecule has 5 nitrogen and oxygen atoms in total. The Morgan fingerprint density at radius 3 is 2.52 bits per heavy atom. The number of para-hydroxylation sites is 1. The number of hydrogen-bond donors (Lipinski definition) is 3. The second-order valence-corrected chi connectivity index (χ2v) is 4.50. The van der Waals surface area contributed by atoms with Crippen LogP contribution in [0.2, 0.25) is 0 Å². The molecule has 0 spiro atoms. The Morgan fingerprint density at radius 1 is 1.05 bits per heavy atom. The lowest BCUT2D eigenvalue weighted by molar-refractivity contribution is 0.162. The summed E-state index contributed by atoms with van der Waals surface area (Å²) in [5.41, 5.74) is 3.64. The fraction of sp³-hybridized carbons (Fsp3) is 0.188. The number of ether oxygens (including phenoxy) is 1. The van der Waals surface area contributed by atoms with E-state index < -0.39 is 6.03 Å². The van der Waals surface area contributed by atoms with Crippen LogP contribution in [-0.2, 0) is 13.0 Å². The van der Waals surface area contributed by atoms with Gasteiger partial charge in [-0.3, -0.25) is 5.21 Å². The summed E-state index contributed by atoms with van der Waals surface area (Å²) in [5, 5.41) is 10.9. The molecule has 21 heavy (non-hydrogen) atoms. The highest BCUT2D eigenvalue weighted by molar-refractivity contribution is 5.72. The van der Waals surface area contributed by atoms with Crippen LogP contribution in [0.3, 0.4) is 0 Å². The molecular formula is C16H18N2O3. The van der Waals surface area contributed by atoms with Gasteiger partial charge in [-0.25, -0.2) is 10.3 Å². The highest BCUT2D eigenvalue weighted by Gasteiger charge is 2.04. The topological polar surface area (TPSA) is 70.6 Å². The van der Waals surface area contributed by atoms with Gasteiger partial charge in [0.2, 0.25) is 0 Å². The molecule has 0 bridgehead atoms. The van der Waals surface area contributed by atoms with Gasteiger partial charge < -0.3 is 10.1 Å². The van der Waals surface area contributed by atoms with Crippen molar-refractivity contribution in [2.75, 3.05) is 6.54 Å². The first-order valence-electron chi connectivity index (χ1n) is 6.72. The van der Waals surface area contributed by atoms with E-state index in [1.807, 2.05) is 54.6 Å². The van der Waals surface area contributed by atoms with Gasteiger partial charge in [-0.2, -0.15) is 0 Å². The van der Waals surface area contributed by atoms with Crippen LogP contribution in [0.15, 0.2) is 54.6 Å². The van der Waals surface area contributed by atoms with Crippen molar-refractivity contribution in [3.63, 3.8) is 0 Å². The van der Waals surface area contributed by atoms with E-state index in [2.05, 4.69) is 5.32 Å². The van der Waals surface area contributed by atoms with Crippen LogP contribution in [0.25, 0.3) is 0 Å². The molecule has 2 aromatic rings. The first-order valence-corrected chi connectivity index (χ1v) is 6.72. The van der Waals surface area contributed by atoms with Crippen LogP contribution in [0, 0.1) is 0 Å². The minimum atomic E-state index is -0.613. The maximum Gasteiger partial charge on any atom is 0.338 e. The van der Waals surface area contributed by atoms with Gasteiger partial charge in [-0.15, -0.1) is 0 Å². The molecular weight excluding hydrogens is 268 g/mol. The maximum atomic E-state index is 10.9. The number of benzene rings is 2. The third-order valence-corrected chi connectivity index (χ3v) is 2.99. The quantitative estimate of drug-likeness (QED) is 0.564. The Hall–Kier alpha value is -2.53. The molecule has 0 saturated heterocycles. The summed E-state index contributed by atoms with van der Waals surface area (Å²) in [6, 6.07) is 17.0. The SMILES string of the molecule is O=C(NO)NCCc1ccccc1OCc1ccccc1. The normalized spacial score (nSPS) is 9.95. The number of hydroxylamine groups is 1. The number of amides is 2. The Balaban J connectivity index is 1.92. The number of nitrogens with one attached hydrogen (secondary N) is 2. The summed E-state index contributed by atoms with van der Waals surface area (Å²) in [5.74, 6) is 0.799. The molecule has 0 fully saturated rings. The van der Waals surface area contributed by atoms with Crippen molar-refractivity contribution >= 4 is 6.03 Å². The number of urea groups is 1. The van der Waals surface area contributed by atoms with Gasteiger partial charge in [-0.1, -0.05) is 48.5 Å². The molecule has 0 aliphatic carbocycles. The number of rotatable bonds is 6. The van der Waals surface area contributed by atoms with Crippen molar-refractivity contribution in [3.8, 4) is 5.75 Å². The largest absolute Gasteiger partial charge is 0.489 e. The summed E-state index contributed by atoms with van der Waals surface area (Å²) in [6.07, 6.45) is 0.623. The van der Waals surface area contributed by atoms with Gasteiger partial charge in [0, 0.05) is 6.54 Å². The van der Waals surface area contributed by atoms with Crippen molar-refractivity contribution in [2.24, 2.45) is 0 Å². The first kappa shape index (κ1) is 14.9. The predicted molar refractivity (Wildman–Crippen MR) is 79.2 cm³/mol. The molecule has 0 unspecified atom stereocenters. The Bertz CT molecular complexity index is 573. The highest BCUT2D eigenvalue weighted by Crippen LogP contribution is 2.19. The third-order valence-electron chi connectivity index (χ3n) is 2.99. The van der Waals surface area contributed by atoms with Gasteiger partial charge in [-0.05, 0) is 23.6 Å². The molecule has 2 amide bonds. The first-order chi connectivity index (χ1) is 10.3. The van der Waals surface area contributed by atoms with E-state index in [1.54, 1.807) is 0 Å². The lowest BCUT2D eigenvalue weighted by atomic mass is 10.1. The van der Waals surface area contributed by atoms with Crippen LogP contribution in [0.5, 0.6) is 5.75 Å². The zero-order valence-corrected chi connectivity index (χ0v) is 11.6. The highest BCUT2D eigenvalue weighted by atomic mass is 16.5. The fourth-order valence-electron chi connectivity index (χ4n) is 1.94. The van der Waals surface area contributed by atoms with E-state index in [0.717, 1.165) is 16.9 Å². The maximum absolute atomic E-state index is 10.9. The zero-order valence-electron chi connectivity index (χ0n) is 11.6. The molecule has 3 N–H and O–H groups in total. The minimum Gasteiger partial charge on any atom is -0.489 e. The van der Waals surface area contributed by atoms with Crippen molar-refractivity contribution in [3.05, 3.63) is 65.7 Å². The van der Waals surface area contributed by atoms with Crippen LogP contribution >= 0.6 is 0 Å². The van der Waals surface area contributed by atoms with Crippen molar-refractivity contribution in [1.82, 2.24) is 10.8 Å². The summed E-state index contributed by atoms with van der Waals surface area (Å²) >= 11 is 0. The third kappa shape index (κ3) is 4.81. The Kier molecular flexibility index (Phi) is 5.60. The molecule has 110 valence electrons. The van der Waals surface area contributed by atoms with Crippen LogP contribution in [0.4, 0.5) is 4.79 Å². The monoisotopic (exact) mass is 286 g/mol. The molecule has 0 aliphatic rings. The molecule has 0 radical (unpaired) electrons. The van der Waals surface area contributed by atoms with Crippen LogP contribution in [0.1, 0.15) is 11.1 Å². The number of carbonyl (C=O) groups is 1. The number of carbonyl (C=O) groups excluding carboxylic acids is 1. The molecule has 0 atom stereocenters. The summed E-state index contributed by atoms with van der Waals surface area (Å²) in [4.78, 5) is 10.9. The van der Waals surface area contributed by atoms with Gasteiger partial charge in [0.1, 0.15) is 12.4 Å². The van der Waals surface area contributed by atoms with Crippen LogP contribution < -0.4 is 15.5 Å². The van der Waals surface area contributed by atoms with Crippen molar-refractivity contribution in [2.45, 2.75) is 13.0 Å². The standard InChI is InChI=1S/C16H18N2O3/c19-16(18-20)17-11-10-14-8-4-5-9-15(14)21-12-13-6-2-1-3-7-13/h1-9,20H,10-12H2,(H2,17,18,19). The molecule has 0 heterocycles. The van der Waals surface area contributed by atoms with Gasteiger partial charge in [0.15, 0.2) is 0 Å². The van der Waals surface area contributed by atoms with E-state index in [-0.39, 0.29) is 0 Å². The summed E-state index contributed by atoms with van der Waals surface area (Å²) in [6.45, 7) is 0.917. The summed E-state index contributed by atoms with van der Waals surface area (Å²) < 4.78 is 5.83. The lowest BCUT2D eigenvalue weighted by Crippen LogP contribution is -2.34. The fourth-order valence-corrected chi connectivity index (χ4v) is 1.94. The molecule has 0 saturated carbocycles. The second-order valence-electron chi connectivity index (χ2n) is 4.50. The van der Waals surface area contributed by atoms with Crippen molar-refractivity contribution < 1.29 is 14.7 Å². The van der Waals surface area contributed by atoms with Gasteiger partial charge in [0.25, 0.3) is 0 Å². The Labute approximate surface area is 123 Å². The average molecular weight is 286 g/mol. The van der Waals surface area contributed by atoms with Gasteiger partial charge >= 0.3 is 6.03 Å². The second kappa shape index (κ2) is 7.91. The lowest BCUT2D eigenvalue weighted by Gasteiger charge is -2.12. The molecule has 0 aromatic heterocycles. The van der Waals surface area contributed by atoms with E-state index in [9.17, 15) is 4.79 Å². The van der Waals surface area contributed by atoms with Crippen LogP contribution in [-0.4, -0.2) is 17.8 Å².